The van der Waals surface area contributed by atoms with Crippen LogP contribution in [0.4, 0.5) is 29.3 Å². The third-order valence-electron chi connectivity index (χ3n) is 8.03. The standard InChI is InChI=1S/C33H39N5O6.C2HF3O2/c1-4-44-32(42)25-9-13-27(14-10-25)36-33(43)37(30(31(34)41)19-23-7-15-29(40)16-8-23)28-17-18-38(3,21-28)20-24-5-11-26(12-6-24)35-22(2)39;3-2(4,5)1(6)7/h5-16,28,30H,4,17-21H2,1-3H3,(H4-,34,35,36,39,40,41,42,43);(H,6,7)/t28-,30+,38?;/m1./s1. The summed E-state index contributed by atoms with van der Waals surface area (Å²) in [5, 5.41) is 24.2. The number of halogens is 3. The zero-order chi connectivity index (χ0) is 37.9. The fourth-order valence-electron chi connectivity index (χ4n) is 5.71. The number of alkyl halides is 3. The summed E-state index contributed by atoms with van der Waals surface area (Å²) in [5.41, 5.74) is 9.30. The predicted octanol–water partition coefficient (Wildman–Crippen LogP) is 3.18. The zero-order valence-electron chi connectivity index (χ0n) is 28.2. The monoisotopic (exact) mass is 715 g/mol. The molecule has 51 heavy (non-hydrogen) atoms. The Morgan fingerprint density at radius 2 is 1.49 bits per heavy atom. The number of carbonyl (C=O) groups excluding carboxylic acids is 5. The Hall–Kier alpha value is -5.64. The summed E-state index contributed by atoms with van der Waals surface area (Å²) in [6.07, 6.45) is -4.37. The number of likely N-dealkylation sites (N-methyl/N-ethyl adjacent to an activating group) is 1. The van der Waals surface area contributed by atoms with E-state index >= 15 is 0 Å². The molecule has 4 amide bonds. The van der Waals surface area contributed by atoms with E-state index in [1.807, 2.05) is 24.3 Å². The smallest absolute Gasteiger partial charge is 0.430 e. The van der Waals surface area contributed by atoms with E-state index in [2.05, 4.69) is 17.7 Å². The maximum Gasteiger partial charge on any atom is 0.430 e. The normalized spacial score (nSPS) is 17.3. The molecule has 274 valence electrons. The van der Waals surface area contributed by atoms with Crippen molar-refractivity contribution in [3.05, 3.63) is 89.5 Å². The number of ether oxygens (including phenoxy) is 1. The molecule has 16 heteroatoms. The van der Waals surface area contributed by atoms with E-state index in [1.165, 1.54) is 19.1 Å². The number of amides is 4. The highest BCUT2D eigenvalue weighted by Crippen LogP contribution is 2.28. The fraction of sp³-hybridized carbons (Fsp3) is 0.343. The molecule has 13 nitrogen and oxygen atoms in total. The Kier molecular flexibility index (Phi) is 13.5. The van der Waals surface area contributed by atoms with E-state index in [9.17, 15) is 37.5 Å². The van der Waals surface area contributed by atoms with Crippen molar-refractivity contribution in [3.63, 3.8) is 0 Å². The van der Waals surface area contributed by atoms with E-state index in [0.717, 1.165) is 23.4 Å². The third kappa shape index (κ3) is 12.0. The number of benzene rings is 3. The van der Waals surface area contributed by atoms with Gasteiger partial charge < -0.3 is 45.5 Å². The lowest BCUT2D eigenvalue weighted by molar-refractivity contribution is -0.911. The molecule has 3 aromatic carbocycles. The predicted molar refractivity (Wildman–Crippen MR) is 178 cm³/mol. The second-order valence-corrected chi connectivity index (χ2v) is 12.2. The van der Waals surface area contributed by atoms with Gasteiger partial charge in [-0.15, -0.1) is 0 Å². The van der Waals surface area contributed by atoms with Gasteiger partial charge in [-0.05, 0) is 61.0 Å². The van der Waals surface area contributed by atoms with E-state index in [-0.39, 0.29) is 30.7 Å². The number of nitrogens with two attached hydrogens (primary N) is 1. The maximum atomic E-state index is 13.9. The number of hydrogen-bond acceptors (Lipinski definition) is 8. The van der Waals surface area contributed by atoms with Crippen LogP contribution in [0.25, 0.3) is 0 Å². The van der Waals surface area contributed by atoms with Gasteiger partial charge in [-0.2, -0.15) is 13.2 Å². The van der Waals surface area contributed by atoms with Gasteiger partial charge in [0.2, 0.25) is 11.8 Å². The highest BCUT2D eigenvalue weighted by molar-refractivity contribution is 5.95. The number of anilines is 2. The lowest BCUT2D eigenvalue weighted by Gasteiger charge is -2.36. The van der Waals surface area contributed by atoms with Crippen molar-refractivity contribution in [1.29, 1.82) is 0 Å². The van der Waals surface area contributed by atoms with Crippen LogP contribution in [0, 0.1) is 0 Å². The van der Waals surface area contributed by atoms with Crippen LogP contribution in [0.3, 0.4) is 0 Å². The Balaban J connectivity index is 0.000000908. The van der Waals surface area contributed by atoms with Crippen LogP contribution in [0.5, 0.6) is 5.75 Å². The number of phenolic OH excluding ortho intramolecular Hbond substituents is 1. The quantitative estimate of drug-likeness (QED) is 0.172. The number of phenols is 1. The summed E-state index contributed by atoms with van der Waals surface area (Å²) >= 11 is 0. The minimum absolute atomic E-state index is 0.0965. The molecule has 3 atom stereocenters. The van der Waals surface area contributed by atoms with Crippen molar-refractivity contribution >= 4 is 41.2 Å². The van der Waals surface area contributed by atoms with Gasteiger partial charge >= 0.3 is 18.2 Å². The van der Waals surface area contributed by atoms with Crippen LogP contribution in [0.2, 0.25) is 0 Å². The van der Waals surface area contributed by atoms with Gasteiger partial charge in [0.15, 0.2) is 0 Å². The summed E-state index contributed by atoms with van der Waals surface area (Å²) in [5.74, 6) is -4.14. The number of nitrogens with one attached hydrogen (secondary N) is 2. The van der Waals surface area contributed by atoms with E-state index in [1.54, 1.807) is 48.2 Å². The fourth-order valence-corrected chi connectivity index (χ4v) is 5.71. The number of hydrogen-bond donors (Lipinski definition) is 4. The van der Waals surface area contributed by atoms with Crippen LogP contribution in [-0.4, -0.2) is 89.3 Å². The topological polar surface area (TPSA) is 191 Å². The molecule has 0 spiro atoms. The molecule has 4 rings (SSSR count). The first-order valence-electron chi connectivity index (χ1n) is 15.8. The Bertz CT molecular complexity index is 1690. The van der Waals surface area contributed by atoms with Gasteiger partial charge in [-0.1, -0.05) is 24.3 Å². The molecule has 1 aliphatic rings. The zero-order valence-corrected chi connectivity index (χ0v) is 28.2. The van der Waals surface area contributed by atoms with Crippen molar-refractivity contribution in [2.45, 2.75) is 51.5 Å². The molecular weight excluding hydrogens is 675 g/mol. The second kappa shape index (κ2) is 17.3. The van der Waals surface area contributed by atoms with Crippen LogP contribution >= 0.6 is 0 Å². The minimum atomic E-state index is -5.19. The summed E-state index contributed by atoms with van der Waals surface area (Å²) in [7, 11) is 2.12. The van der Waals surface area contributed by atoms with E-state index in [0.29, 0.717) is 35.2 Å². The van der Waals surface area contributed by atoms with Gasteiger partial charge in [0.1, 0.15) is 24.3 Å². The van der Waals surface area contributed by atoms with Gasteiger partial charge in [-0.25, -0.2) is 9.59 Å². The number of nitrogens with zero attached hydrogens (tertiary/aromatic N) is 2. The number of carboxylic acid groups (broad SMARTS) is 1. The average Bonchev–Trinajstić information content (AvgIpc) is 3.43. The molecular formula is C35H40F3N5O8. The van der Waals surface area contributed by atoms with Gasteiger partial charge in [0.05, 0.1) is 38.3 Å². The van der Waals surface area contributed by atoms with Crippen molar-refractivity contribution < 1.29 is 56.6 Å². The first-order valence-corrected chi connectivity index (χ1v) is 15.8. The molecule has 0 saturated carbocycles. The molecule has 3 aromatic rings. The summed E-state index contributed by atoms with van der Waals surface area (Å²) < 4.78 is 37.2. The first kappa shape index (κ1) is 39.8. The summed E-state index contributed by atoms with van der Waals surface area (Å²) in [6, 6.07) is 18.8. The highest BCUT2D eigenvalue weighted by Gasteiger charge is 2.43. The number of rotatable bonds is 11. The summed E-state index contributed by atoms with van der Waals surface area (Å²) in [6.45, 7) is 5.49. The summed E-state index contributed by atoms with van der Waals surface area (Å²) in [4.78, 5) is 60.7. The van der Waals surface area contributed by atoms with Crippen LogP contribution in [-0.2, 0) is 32.1 Å². The van der Waals surface area contributed by atoms with E-state index < -0.39 is 36.1 Å². The average molecular weight is 716 g/mol. The Labute approximate surface area is 292 Å². The van der Waals surface area contributed by atoms with Crippen molar-refractivity contribution in [1.82, 2.24) is 4.90 Å². The van der Waals surface area contributed by atoms with Crippen molar-refractivity contribution in [3.8, 4) is 5.75 Å². The third-order valence-corrected chi connectivity index (χ3v) is 8.03. The molecule has 5 N–H and O–H groups in total. The molecule has 0 radical (unpaired) electrons. The molecule has 0 aromatic heterocycles. The van der Waals surface area contributed by atoms with Crippen LogP contribution < -0.4 is 21.5 Å². The molecule has 1 heterocycles. The minimum Gasteiger partial charge on any atom is -0.542 e. The molecule has 1 aliphatic heterocycles. The molecule has 0 aliphatic carbocycles. The number of primary amides is 1. The number of esters is 1. The van der Waals surface area contributed by atoms with Crippen LogP contribution in [0.15, 0.2) is 72.8 Å². The van der Waals surface area contributed by atoms with Crippen molar-refractivity contribution in [2.75, 3.05) is 37.4 Å². The highest BCUT2D eigenvalue weighted by atomic mass is 19.4. The Morgan fingerprint density at radius 1 is 0.961 bits per heavy atom. The van der Waals surface area contributed by atoms with Crippen molar-refractivity contribution in [2.24, 2.45) is 5.73 Å². The first-order chi connectivity index (χ1) is 23.9. The number of aromatic hydroxyl groups is 1. The van der Waals surface area contributed by atoms with Gasteiger partial charge in [-0.3, -0.25) is 9.59 Å². The lowest BCUT2D eigenvalue weighted by atomic mass is 10.0. The SMILES string of the molecule is CCOC(=O)c1ccc(NC(=O)N([C@@H]2CC[N+](C)(Cc3ccc(NC(C)=O)cc3)C2)[C@@H](Cc2ccc(O)cc2)C(N)=O)cc1.O=C([O-])C(F)(F)F. The van der Waals surface area contributed by atoms with Gasteiger partial charge in [0.25, 0.3) is 0 Å². The van der Waals surface area contributed by atoms with Gasteiger partial charge in [0, 0.05) is 36.7 Å². The van der Waals surface area contributed by atoms with E-state index in [4.69, 9.17) is 20.4 Å². The largest absolute Gasteiger partial charge is 0.542 e. The number of aliphatic carboxylic acids is 1. The molecule has 1 unspecified atom stereocenters. The number of carbonyl (C=O) groups is 5. The molecule has 0 bridgehead atoms. The molecule has 1 saturated heterocycles. The number of carboxylic acids is 1. The van der Waals surface area contributed by atoms with Crippen LogP contribution in [0.1, 0.15) is 41.8 Å². The maximum absolute atomic E-state index is 13.9. The number of urea groups is 1. The lowest BCUT2D eigenvalue weighted by Crippen LogP contribution is -2.56. The Morgan fingerprint density at radius 3 is 2.00 bits per heavy atom. The second-order valence-electron chi connectivity index (χ2n) is 12.2. The number of quaternary nitrogens is 1. The number of likely N-dealkylation sites (tertiary alicyclic amines) is 1. The molecule has 1 fully saturated rings.